The van der Waals surface area contributed by atoms with E-state index in [4.69, 9.17) is 0 Å². The maximum atomic E-state index is 4.10. The highest BCUT2D eigenvalue weighted by atomic mass is 32.1. The van der Waals surface area contributed by atoms with Crippen LogP contribution < -0.4 is 5.32 Å². The molecule has 3 nitrogen and oxygen atoms in total. The van der Waals surface area contributed by atoms with Crippen LogP contribution in [0.4, 0.5) is 0 Å². The minimum Gasteiger partial charge on any atom is -0.313 e. The molecule has 1 atom stereocenters. The SMILES string of the molecule is CN(Cc1cncs1)C[C@H]1CCCCN1. The highest BCUT2D eigenvalue weighted by molar-refractivity contribution is 7.09. The van der Waals surface area contributed by atoms with Crippen LogP contribution in [0.2, 0.25) is 0 Å². The quantitative estimate of drug-likeness (QED) is 0.845. The summed E-state index contributed by atoms with van der Waals surface area (Å²) in [5, 5.41) is 3.58. The van der Waals surface area contributed by atoms with E-state index in [1.807, 2.05) is 11.7 Å². The summed E-state index contributed by atoms with van der Waals surface area (Å²) in [4.78, 5) is 7.84. The van der Waals surface area contributed by atoms with E-state index in [-0.39, 0.29) is 0 Å². The molecule has 0 aromatic carbocycles. The van der Waals surface area contributed by atoms with Gasteiger partial charge in [0.05, 0.1) is 5.51 Å². The zero-order valence-electron chi connectivity index (χ0n) is 9.28. The average Bonchev–Trinajstić information content (AvgIpc) is 2.71. The van der Waals surface area contributed by atoms with Crippen molar-refractivity contribution in [3.63, 3.8) is 0 Å². The zero-order chi connectivity index (χ0) is 10.5. The predicted molar refractivity (Wildman–Crippen MR) is 64.1 cm³/mol. The minimum atomic E-state index is 0.691. The Morgan fingerprint density at radius 1 is 1.60 bits per heavy atom. The fourth-order valence-electron chi connectivity index (χ4n) is 2.11. The third-order valence-electron chi connectivity index (χ3n) is 2.85. The molecule has 0 radical (unpaired) electrons. The number of likely N-dealkylation sites (N-methyl/N-ethyl adjacent to an activating group) is 1. The van der Waals surface area contributed by atoms with Gasteiger partial charge in [0, 0.05) is 30.2 Å². The number of hydrogen-bond donors (Lipinski definition) is 1. The van der Waals surface area contributed by atoms with Crippen molar-refractivity contribution in [2.24, 2.45) is 0 Å². The first-order valence-corrected chi connectivity index (χ1v) is 6.52. The smallest absolute Gasteiger partial charge is 0.0794 e. The first kappa shape index (κ1) is 11.0. The van der Waals surface area contributed by atoms with Gasteiger partial charge in [-0.1, -0.05) is 6.42 Å². The molecule has 0 unspecified atom stereocenters. The molecule has 0 spiro atoms. The number of nitrogens with one attached hydrogen (secondary N) is 1. The molecular formula is C11H19N3S. The minimum absolute atomic E-state index is 0.691. The van der Waals surface area contributed by atoms with Gasteiger partial charge in [0.2, 0.25) is 0 Å². The number of piperidine rings is 1. The predicted octanol–water partition coefficient (Wildman–Crippen LogP) is 1.72. The molecule has 0 amide bonds. The summed E-state index contributed by atoms with van der Waals surface area (Å²) >= 11 is 1.74. The summed E-state index contributed by atoms with van der Waals surface area (Å²) in [6.07, 6.45) is 6.02. The van der Waals surface area contributed by atoms with Gasteiger partial charge in [0.1, 0.15) is 0 Å². The van der Waals surface area contributed by atoms with Crippen LogP contribution in [0, 0.1) is 0 Å². The molecule has 0 bridgehead atoms. The van der Waals surface area contributed by atoms with Crippen molar-refractivity contribution in [2.75, 3.05) is 20.1 Å². The van der Waals surface area contributed by atoms with E-state index in [0.717, 1.165) is 13.1 Å². The second kappa shape index (κ2) is 5.58. The number of rotatable bonds is 4. The van der Waals surface area contributed by atoms with Crippen LogP contribution in [0.1, 0.15) is 24.1 Å². The van der Waals surface area contributed by atoms with E-state index in [0.29, 0.717) is 6.04 Å². The maximum Gasteiger partial charge on any atom is 0.0794 e. The van der Waals surface area contributed by atoms with Gasteiger partial charge < -0.3 is 5.32 Å². The molecule has 4 heteroatoms. The van der Waals surface area contributed by atoms with Crippen LogP contribution in [0.25, 0.3) is 0 Å². The molecule has 15 heavy (non-hydrogen) atoms. The first-order valence-electron chi connectivity index (χ1n) is 5.64. The van der Waals surface area contributed by atoms with E-state index in [1.165, 1.54) is 30.7 Å². The van der Waals surface area contributed by atoms with E-state index < -0.39 is 0 Å². The molecule has 1 fully saturated rings. The van der Waals surface area contributed by atoms with E-state index in [9.17, 15) is 0 Å². The van der Waals surface area contributed by atoms with Crippen LogP contribution in [0.15, 0.2) is 11.7 Å². The molecule has 1 aliphatic heterocycles. The Morgan fingerprint density at radius 2 is 2.53 bits per heavy atom. The third kappa shape index (κ3) is 3.55. The Morgan fingerprint density at radius 3 is 3.20 bits per heavy atom. The highest BCUT2D eigenvalue weighted by Crippen LogP contribution is 2.11. The fraction of sp³-hybridized carbons (Fsp3) is 0.727. The molecule has 1 aromatic heterocycles. The number of thiazole rings is 1. The molecule has 1 aliphatic rings. The Hall–Kier alpha value is -0.450. The van der Waals surface area contributed by atoms with Gasteiger partial charge in [-0.05, 0) is 26.4 Å². The first-order chi connectivity index (χ1) is 7.34. The lowest BCUT2D eigenvalue weighted by Crippen LogP contribution is -2.42. The van der Waals surface area contributed by atoms with E-state index in [2.05, 4.69) is 22.2 Å². The van der Waals surface area contributed by atoms with Gasteiger partial charge in [-0.2, -0.15) is 0 Å². The van der Waals surface area contributed by atoms with Gasteiger partial charge in [-0.3, -0.25) is 9.88 Å². The Bertz CT molecular complexity index is 267. The largest absolute Gasteiger partial charge is 0.313 e. The summed E-state index contributed by atoms with van der Waals surface area (Å²) < 4.78 is 0. The highest BCUT2D eigenvalue weighted by Gasteiger charge is 2.14. The van der Waals surface area contributed by atoms with E-state index >= 15 is 0 Å². The molecule has 2 rings (SSSR count). The molecule has 2 heterocycles. The summed E-state index contributed by atoms with van der Waals surface area (Å²) in [5.74, 6) is 0. The normalized spacial score (nSPS) is 22.1. The van der Waals surface area contributed by atoms with Crippen LogP contribution in [0.3, 0.4) is 0 Å². The van der Waals surface area contributed by atoms with E-state index in [1.54, 1.807) is 11.3 Å². The second-order valence-electron chi connectivity index (χ2n) is 4.31. The summed E-state index contributed by atoms with van der Waals surface area (Å²) in [7, 11) is 2.19. The second-order valence-corrected chi connectivity index (χ2v) is 5.28. The Balaban J connectivity index is 1.74. The zero-order valence-corrected chi connectivity index (χ0v) is 10.1. The van der Waals surface area contributed by atoms with Gasteiger partial charge in [0.15, 0.2) is 0 Å². The van der Waals surface area contributed by atoms with Crippen molar-refractivity contribution in [1.82, 2.24) is 15.2 Å². The van der Waals surface area contributed by atoms with Crippen molar-refractivity contribution >= 4 is 11.3 Å². The standard InChI is InChI=1S/C11H19N3S/c1-14(8-11-6-12-9-15-11)7-10-4-2-3-5-13-10/h6,9-10,13H,2-5,7-8H2,1H3/t10-/m1/s1. The van der Waals surface area contributed by atoms with Crippen molar-refractivity contribution in [3.05, 3.63) is 16.6 Å². The topological polar surface area (TPSA) is 28.2 Å². The lowest BCUT2D eigenvalue weighted by molar-refractivity contribution is 0.258. The average molecular weight is 225 g/mol. The van der Waals surface area contributed by atoms with Crippen LogP contribution in [-0.4, -0.2) is 36.1 Å². The molecule has 84 valence electrons. The van der Waals surface area contributed by atoms with Crippen molar-refractivity contribution in [1.29, 1.82) is 0 Å². The van der Waals surface area contributed by atoms with Crippen LogP contribution in [-0.2, 0) is 6.54 Å². The third-order valence-corrected chi connectivity index (χ3v) is 3.62. The molecule has 0 saturated carbocycles. The molecule has 1 N–H and O–H groups in total. The number of hydrogen-bond acceptors (Lipinski definition) is 4. The Labute approximate surface area is 95.5 Å². The van der Waals surface area contributed by atoms with Crippen molar-refractivity contribution < 1.29 is 0 Å². The van der Waals surface area contributed by atoms with Crippen molar-refractivity contribution in [3.8, 4) is 0 Å². The molecule has 1 aromatic rings. The Kier molecular flexibility index (Phi) is 4.11. The monoisotopic (exact) mass is 225 g/mol. The van der Waals surface area contributed by atoms with Gasteiger partial charge >= 0.3 is 0 Å². The fourth-order valence-corrected chi connectivity index (χ4v) is 2.78. The number of nitrogens with zero attached hydrogens (tertiary/aromatic N) is 2. The van der Waals surface area contributed by atoms with Crippen LogP contribution >= 0.6 is 11.3 Å². The molecular weight excluding hydrogens is 206 g/mol. The summed E-state index contributed by atoms with van der Waals surface area (Å²) in [6, 6.07) is 0.691. The van der Waals surface area contributed by atoms with Gasteiger partial charge in [0.25, 0.3) is 0 Å². The lowest BCUT2D eigenvalue weighted by Gasteiger charge is -2.27. The summed E-state index contributed by atoms with van der Waals surface area (Å²) in [6.45, 7) is 3.37. The van der Waals surface area contributed by atoms with Gasteiger partial charge in [-0.25, -0.2) is 0 Å². The molecule has 0 aliphatic carbocycles. The van der Waals surface area contributed by atoms with Crippen LogP contribution in [0.5, 0.6) is 0 Å². The van der Waals surface area contributed by atoms with Crippen molar-refractivity contribution in [2.45, 2.75) is 31.8 Å². The summed E-state index contributed by atoms with van der Waals surface area (Å²) in [5.41, 5.74) is 1.90. The van der Waals surface area contributed by atoms with Gasteiger partial charge in [-0.15, -0.1) is 11.3 Å². The lowest BCUT2D eigenvalue weighted by atomic mass is 10.0. The maximum absolute atomic E-state index is 4.10. The number of aromatic nitrogens is 1. The molecule has 1 saturated heterocycles.